The van der Waals surface area contributed by atoms with Crippen LogP contribution in [0.5, 0.6) is 0 Å². The zero-order valence-corrected chi connectivity index (χ0v) is 13.7. The molecule has 2 aromatic rings. The topological polar surface area (TPSA) is 41.7 Å². The Balaban J connectivity index is 1.87. The van der Waals surface area contributed by atoms with Crippen molar-refractivity contribution in [3.05, 3.63) is 33.7 Å². The maximum atomic E-state index is 14.4. The van der Waals surface area contributed by atoms with Crippen LogP contribution in [-0.4, -0.2) is 9.55 Å². The first kappa shape index (κ1) is 13.2. The summed E-state index contributed by atoms with van der Waals surface area (Å²) in [6.07, 6.45) is 6.01. The van der Waals surface area contributed by atoms with E-state index < -0.39 is 0 Å². The molecule has 1 aromatic carbocycles. The van der Waals surface area contributed by atoms with Gasteiger partial charge in [-0.3, -0.25) is 5.41 Å². The summed E-state index contributed by atoms with van der Waals surface area (Å²) in [6.45, 7) is 0. The number of hydrogen-bond donors (Lipinski definition) is 1. The van der Waals surface area contributed by atoms with Crippen LogP contribution in [0.15, 0.2) is 16.6 Å². The Morgan fingerprint density at radius 3 is 2.59 bits per heavy atom. The van der Waals surface area contributed by atoms with Crippen LogP contribution in [0.2, 0.25) is 0 Å². The predicted octanol–water partition coefficient (Wildman–Crippen LogP) is 4.27. The Bertz CT molecular complexity index is 845. The molecule has 4 aliphatic rings. The first-order chi connectivity index (χ1) is 10.6. The smallest absolute Gasteiger partial charge is 0.138 e. The SMILES string of the molecule is N=c1c2c(F)cc(Br)cc2nc2n1C1CC3CC(CC2C3)C1. The van der Waals surface area contributed by atoms with E-state index >= 15 is 0 Å². The molecule has 6 rings (SSSR count). The number of nitrogens with one attached hydrogen (secondary N) is 1. The summed E-state index contributed by atoms with van der Waals surface area (Å²) in [5.74, 6) is 2.67. The van der Waals surface area contributed by atoms with Crippen LogP contribution in [0.25, 0.3) is 10.9 Å². The zero-order valence-electron chi connectivity index (χ0n) is 12.1. The van der Waals surface area contributed by atoms with E-state index in [1.54, 1.807) is 0 Å². The Morgan fingerprint density at radius 1 is 1.14 bits per heavy atom. The van der Waals surface area contributed by atoms with Gasteiger partial charge < -0.3 is 4.57 Å². The maximum Gasteiger partial charge on any atom is 0.138 e. The van der Waals surface area contributed by atoms with E-state index in [2.05, 4.69) is 20.5 Å². The van der Waals surface area contributed by atoms with Crippen LogP contribution in [0.1, 0.15) is 49.9 Å². The lowest BCUT2D eigenvalue weighted by Gasteiger charge is -2.37. The van der Waals surface area contributed by atoms with Gasteiger partial charge in [0.1, 0.15) is 17.1 Å². The number of aromatic nitrogens is 2. The molecule has 2 aliphatic carbocycles. The van der Waals surface area contributed by atoms with E-state index in [4.69, 9.17) is 10.4 Å². The Kier molecular flexibility index (Phi) is 2.65. The molecule has 22 heavy (non-hydrogen) atoms. The highest BCUT2D eigenvalue weighted by Crippen LogP contribution is 2.52. The third kappa shape index (κ3) is 1.72. The molecule has 2 unspecified atom stereocenters. The van der Waals surface area contributed by atoms with Gasteiger partial charge >= 0.3 is 0 Å². The lowest BCUT2D eigenvalue weighted by atomic mass is 9.68. The molecule has 3 heterocycles. The van der Waals surface area contributed by atoms with Gasteiger partial charge in [-0.1, -0.05) is 15.9 Å². The fourth-order valence-corrected chi connectivity index (χ4v) is 5.61. The highest BCUT2D eigenvalue weighted by Gasteiger charge is 2.43. The molecule has 1 N–H and O–H groups in total. The zero-order chi connectivity index (χ0) is 15.0. The Labute approximate surface area is 136 Å². The van der Waals surface area contributed by atoms with E-state index in [1.807, 2.05) is 6.07 Å². The van der Waals surface area contributed by atoms with Crippen LogP contribution in [0, 0.1) is 23.1 Å². The van der Waals surface area contributed by atoms with E-state index in [-0.39, 0.29) is 5.82 Å². The molecule has 0 spiro atoms. The lowest BCUT2D eigenvalue weighted by molar-refractivity contribution is 0.150. The number of fused-ring (bicyclic) bond motifs is 1. The first-order valence-electron chi connectivity index (χ1n) is 8.06. The van der Waals surface area contributed by atoms with Gasteiger partial charge in [-0.25, -0.2) is 9.37 Å². The van der Waals surface area contributed by atoms with Gasteiger partial charge in [-0.15, -0.1) is 0 Å². The average Bonchev–Trinajstić information content (AvgIpc) is 2.60. The van der Waals surface area contributed by atoms with Gasteiger partial charge in [0.05, 0.1) is 10.9 Å². The number of hydrogen-bond acceptors (Lipinski definition) is 2. The monoisotopic (exact) mass is 361 g/mol. The third-order valence-electron chi connectivity index (χ3n) is 5.84. The second-order valence-corrected chi connectivity index (χ2v) is 8.15. The standard InChI is InChI=1S/C17H17BrFN3/c18-11-6-13(19)15-14(7-11)21-17-10-2-8-1-9(3-10)5-12(4-8)22(17)16(15)20/h6-10,12,20H,1-5H2. The number of halogens is 2. The summed E-state index contributed by atoms with van der Waals surface area (Å²) in [5.41, 5.74) is 0.938. The molecule has 0 radical (unpaired) electrons. The minimum Gasteiger partial charge on any atom is -0.311 e. The van der Waals surface area contributed by atoms with Crippen molar-refractivity contribution < 1.29 is 4.39 Å². The molecule has 3 nitrogen and oxygen atoms in total. The van der Waals surface area contributed by atoms with Crippen molar-refractivity contribution in [2.45, 2.75) is 44.1 Å². The molecule has 2 atom stereocenters. The van der Waals surface area contributed by atoms with E-state index in [9.17, 15) is 4.39 Å². The maximum absolute atomic E-state index is 14.4. The molecular formula is C17H17BrFN3. The highest BCUT2D eigenvalue weighted by molar-refractivity contribution is 9.10. The van der Waals surface area contributed by atoms with Crippen LogP contribution < -0.4 is 5.49 Å². The van der Waals surface area contributed by atoms with Gasteiger partial charge in [0.2, 0.25) is 0 Å². The summed E-state index contributed by atoms with van der Waals surface area (Å²) in [6, 6.07) is 3.63. The van der Waals surface area contributed by atoms with Crippen LogP contribution >= 0.6 is 15.9 Å². The van der Waals surface area contributed by atoms with Gasteiger partial charge in [0, 0.05) is 16.4 Å². The van der Waals surface area contributed by atoms with Crippen molar-refractivity contribution in [2.24, 2.45) is 11.8 Å². The van der Waals surface area contributed by atoms with Gasteiger partial charge in [0.25, 0.3) is 0 Å². The molecule has 2 fully saturated rings. The minimum atomic E-state index is -0.346. The summed E-state index contributed by atoms with van der Waals surface area (Å²) < 4.78 is 17.2. The number of benzene rings is 1. The van der Waals surface area contributed by atoms with E-state index in [0.717, 1.165) is 30.5 Å². The highest BCUT2D eigenvalue weighted by atomic mass is 79.9. The minimum absolute atomic E-state index is 0.322. The van der Waals surface area contributed by atoms with Gasteiger partial charge in [-0.2, -0.15) is 0 Å². The Hall–Kier alpha value is -1.23. The lowest BCUT2D eigenvalue weighted by Crippen LogP contribution is -2.31. The largest absolute Gasteiger partial charge is 0.311 e. The quantitative estimate of drug-likeness (QED) is 0.747. The molecule has 0 saturated heterocycles. The van der Waals surface area contributed by atoms with Crippen molar-refractivity contribution in [3.63, 3.8) is 0 Å². The summed E-state index contributed by atoms with van der Waals surface area (Å²) in [5, 5.41) is 8.99. The van der Waals surface area contributed by atoms with Crippen molar-refractivity contribution in [2.75, 3.05) is 0 Å². The van der Waals surface area contributed by atoms with Crippen molar-refractivity contribution >= 4 is 26.8 Å². The van der Waals surface area contributed by atoms with Crippen molar-refractivity contribution in [3.8, 4) is 0 Å². The number of rotatable bonds is 0. The molecule has 2 saturated carbocycles. The predicted molar refractivity (Wildman–Crippen MR) is 85.1 cm³/mol. The van der Waals surface area contributed by atoms with E-state index in [0.29, 0.717) is 32.8 Å². The molecule has 1 aromatic heterocycles. The fraction of sp³-hybridized carbons (Fsp3) is 0.529. The molecule has 5 heteroatoms. The fourth-order valence-electron chi connectivity index (χ4n) is 5.19. The summed E-state index contributed by atoms with van der Waals surface area (Å²) >= 11 is 3.34. The first-order valence-corrected chi connectivity index (χ1v) is 8.85. The second kappa shape index (κ2) is 4.40. The van der Waals surface area contributed by atoms with Crippen LogP contribution in [0.3, 0.4) is 0 Å². The average molecular weight is 362 g/mol. The molecule has 0 amide bonds. The second-order valence-electron chi connectivity index (χ2n) is 7.23. The molecule has 2 aliphatic heterocycles. The van der Waals surface area contributed by atoms with Gasteiger partial charge in [0.15, 0.2) is 0 Å². The van der Waals surface area contributed by atoms with Crippen molar-refractivity contribution in [1.29, 1.82) is 5.41 Å². The normalized spacial score (nSPS) is 32.3. The summed E-state index contributed by atoms with van der Waals surface area (Å²) in [7, 11) is 0. The summed E-state index contributed by atoms with van der Waals surface area (Å²) in [4.78, 5) is 4.83. The molecular weight excluding hydrogens is 345 g/mol. The van der Waals surface area contributed by atoms with E-state index in [1.165, 1.54) is 25.3 Å². The van der Waals surface area contributed by atoms with Crippen molar-refractivity contribution in [1.82, 2.24) is 9.55 Å². The van der Waals surface area contributed by atoms with Gasteiger partial charge in [-0.05, 0) is 56.1 Å². The third-order valence-corrected chi connectivity index (χ3v) is 6.30. The number of nitrogens with zero attached hydrogens (tertiary/aromatic N) is 2. The van der Waals surface area contributed by atoms with Crippen LogP contribution in [-0.2, 0) is 0 Å². The molecule has 4 bridgehead atoms. The Morgan fingerprint density at radius 2 is 1.86 bits per heavy atom. The van der Waals surface area contributed by atoms with Crippen LogP contribution in [0.4, 0.5) is 4.39 Å². The molecule has 114 valence electrons.